The molecule has 2 rings (SSSR count). The van der Waals surface area contributed by atoms with Crippen LogP contribution in [0.15, 0.2) is 36.4 Å². The third-order valence-corrected chi connectivity index (χ3v) is 5.12. The molecule has 0 fully saturated rings. The molecule has 1 atom stereocenters. The highest BCUT2D eigenvalue weighted by molar-refractivity contribution is 14.1. The molecule has 0 amide bonds. The van der Waals surface area contributed by atoms with Crippen molar-refractivity contribution in [1.29, 1.82) is 0 Å². The van der Waals surface area contributed by atoms with Gasteiger partial charge in [-0.3, -0.25) is 0 Å². The first-order chi connectivity index (χ1) is 10.0. The first kappa shape index (κ1) is 16.4. The molecular formula is C18H21FIN. The molecule has 0 heterocycles. The molecule has 112 valence electrons. The van der Waals surface area contributed by atoms with E-state index in [1.807, 2.05) is 19.1 Å². The van der Waals surface area contributed by atoms with Crippen molar-refractivity contribution in [2.24, 2.45) is 0 Å². The van der Waals surface area contributed by atoms with Crippen molar-refractivity contribution in [3.8, 4) is 0 Å². The largest absolute Gasteiger partial charge is 0.306 e. The lowest BCUT2D eigenvalue weighted by Crippen LogP contribution is -2.24. The lowest BCUT2D eigenvalue weighted by molar-refractivity contribution is 0.588. The van der Waals surface area contributed by atoms with Crippen LogP contribution in [0.2, 0.25) is 0 Å². The van der Waals surface area contributed by atoms with Crippen LogP contribution in [0.1, 0.15) is 41.6 Å². The Morgan fingerprint density at radius 2 is 1.90 bits per heavy atom. The molecule has 1 N–H and O–H groups in total. The summed E-state index contributed by atoms with van der Waals surface area (Å²) in [5.74, 6) is -0.146. The van der Waals surface area contributed by atoms with Crippen molar-refractivity contribution < 1.29 is 4.39 Å². The number of nitrogens with one attached hydrogen (secondary N) is 1. The number of benzene rings is 2. The Hall–Kier alpha value is -0.940. The third kappa shape index (κ3) is 3.83. The fourth-order valence-electron chi connectivity index (χ4n) is 2.44. The van der Waals surface area contributed by atoms with Gasteiger partial charge in [-0.1, -0.05) is 37.3 Å². The summed E-state index contributed by atoms with van der Waals surface area (Å²) in [7, 11) is 0. The Kier molecular flexibility index (Phi) is 5.76. The van der Waals surface area contributed by atoms with Gasteiger partial charge in [0, 0.05) is 3.57 Å². The molecule has 0 bridgehead atoms. The molecule has 0 aliphatic heterocycles. The number of rotatable bonds is 5. The molecule has 3 heteroatoms. The van der Waals surface area contributed by atoms with E-state index >= 15 is 0 Å². The van der Waals surface area contributed by atoms with Gasteiger partial charge in [0.15, 0.2) is 0 Å². The van der Waals surface area contributed by atoms with Crippen LogP contribution >= 0.6 is 22.6 Å². The maximum Gasteiger partial charge on any atom is 0.126 e. The van der Waals surface area contributed by atoms with E-state index in [0.29, 0.717) is 5.56 Å². The van der Waals surface area contributed by atoms with Crippen LogP contribution in [-0.2, 0) is 0 Å². The van der Waals surface area contributed by atoms with Gasteiger partial charge in [0.1, 0.15) is 5.82 Å². The number of hydrogen-bond acceptors (Lipinski definition) is 1. The number of halogens is 2. The van der Waals surface area contributed by atoms with Crippen LogP contribution in [0.5, 0.6) is 0 Å². The van der Waals surface area contributed by atoms with E-state index in [1.165, 1.54) is 14.7 Å². The molecule has 0 spiro atoms. The van der Waals surface area contributed by atoms with Crippen LogP contribution in [0.25, 0.3) is 0 Å². The molecule has 2 aromatic rings. The molecule has 21 heavy (non-hydrogen) atoms. The zero-order valence-corrected chi connectivity index (χ0v) is 14.9. The molecule has 1 nitrogen and oxygen atoms in total. The third-order valence-electron chi connectivity index (χ3n) is 3.65. The predicted octanol–water partition coefficient (Wildman–Crippen LogP) is 5.14. The van der Waals surface area contributed by atoms with Gasteiger partial charge >= 0.3 is 0 Å². The zero-order valence-electron chi connectivity index (χ0n) is 12.7. The number of aryl methyl sites for hydroxylation is 2. The van der Waals surface area contributed by atoms with Crippen molar-refractivity contribution in [1.82, 2.24) is 5.32 Å². The second-order valence-electron chi connectivity index (χ2n) is 5.37. The highest BCUT2D eigenvalue weighted by Crippen LogP contribution is 2.29. The van der Waals surface area contributed by atoms with E-state index in [2.05, 4.69) is 60.0 Å². The fraction of sp³-hybridized carbons (Fsp3) is 0.333. The van der Waals surface area contributed by atoms with E-state index < -0.39 is 0 Å². The van der Waals surface area contributed by atoms with Gasteiger partial charge in [-0.15, -0.1) is 0 Å². The second-order valence-corrected chi connectivity index (χ2v) is 6.45. The van der Waals surface area contributed by atoms with E-state index in [0.717, 1.165) is 18.5 Å². The summed E-state index contributed by atoms with van der Waals surface area (Å²) in [5, 5.41) is 3.59. The van der Waals surface area contributed by atoms with Crippen LogP contribution in [0, 0.1) is 23.2 Å². The van der Waals surface area contributed by atoms with Crippen LogP contribution < -0.4 is 5.32 Å². The maximum absolute atomic E-state index is 13.5. The summed E-state index contributed by atoms with van der Waals surface area (Å²) in [6.45, 7) is 7.03. The van der Waals surface area contributed by atoms with Crippen molar-refractivity contribution in [3.63, 3.8) is 0 Å². The first-order valence-corrected chi connectivity index (χ1v) is 8.37. The quantitative estimate of drug-likeness (QED) is 0.690. The van der Waals surface area contributed by atoms with Gasteiger partial charge in [-0.05, 0) is 77.7 Å². The van der Waals surface area contributed by atoms with Crippen molar-refractivity contribution >= 4 is 22.6 Å². The van der Waals surface area contributed by atoms with Gasteiger partial charge in [0.2, 0.25) is 0 Å². The monoisotopic (exact) mass is 397 g/mol. The average Bonchev–Trinajstić information content (AvgIpc) is 2.47. The van der Waals surface area contributed by atoms with E-state index in [9.17, 15) is 4.39 Å². The smallest absolute Gasteiger partial charge is 0.126 e. The normalized spacial score (nSPS) is 12.4. The van der Waals surface area contributed by atoms with Crippen LogP contribution in [-0.4, -0.2) is 6.54 Å². The number of hydrogen-bond donors (Lipinski definition) is 1. The van der Waals surface area contributed by atoms with Crippen molar-refractivity contribution in [3.05, 3.63) is 68.0 Å². The average molecular weight is 397 g/mol. The van der Waals surface area contributed by atoms with E-state index in [-0.39, 0.29) is 11.9 Å². The Bertz CT molecular complexity index is 625. The Labute approximate surface area is 140 Å². The van der Waals surface area contributed by atoms with E-state index in [1.54, 1.807) is 6.07 Å². The summed E-state index contributed by atoms with van der Waals surface area (Å²) in [4.78, 5) is 0. The van der Waals surface area contributed by atoms with Gasteiger partial charge in [-0.25, -0.2) is 4.39 Å². The molecule has 0 saturated carbocycles. The summed E-state index contributed by atoms with van der Waals surface area (Å²) in [6.07, 6.45) is 1.07. The summed E-state index contributed by atoms with van der Waals surface area (Å²) in [6, 6.07) is 11.9. The molecule has 2 aromatic carbocycles. The Morgan fingerprint density at radius 1 is 1.14 bits per heavy atom. The lowest BCUT2D eigenvalue weighted by Gasteiger charge is -2.22. The minimum Gasteiger partial charge on any atom is -0.306 e. The fourth-order valence-corrected chi connectivity index (χ4v) is 3.11. The summed E-state index contributed by atoms with van der Waals surface area (Å²) < 4.78 is 14.8. The summed E-state index contributed by atoms with van der Waals surface area (Å²) >= 11 is 2.40. The molecule has 0 saturated heterocycles. The topological polar surface area (TPSA) is 12.0 Å². The second kappa shape index (κ2) is 7.36. The Morgan fingerprint density at radius 3 is 2.57 bits per heavy atom. The Balaban J connectivity index is 2.47. The van der Waals surface area contributed by atoms with Crippen LogP contribution in [0.4, 0.5) is 4.39 Å². The minimum atomic E-state index is -0.146. The molecule has 0 radical (unpaired) electrons. The highest BCUT2D eigenvalue weighted by atomic mass is 127. The first-order valence-electron chi connectivity index (χ1n) is 7.29. The van der Waals surface area contributed by atoms with Gasteiger partial charge in [0.05, 0.1) is 6.04 Å². The van der Waals surface area contributed by atoms with Gasteiger partial charge in [-0.2, -0.15) is 0 Å². The molecular weight excluding hydrogens is 376 g/mol. The van der Waals surface area contributed by atoms with Gasteiger partial charge in [0.25, 0.3) is 0 Å². The van der Waals surface area contributed by atoms with Crippen molar-refractivity contribution in [2.75, 3.05) is 6.54 Å². The van der Waals surface area contributed by atoms with Crippen LogP contribution in [0.3, 0.4) is 0 Å². The molecule has 0 aliphatic rings. The molecule has 0 aliphatic carbocycles. The zero-order chi connectivity index (χ0) is 15.4. The maximum atomic E-state index is 13.5. The highest BCUT2D eigenvalue weighted by Gasteiger charge is 2.17. The van der Waals surface area contributed by atoms with E-state index in [4.69, 9.17) is 0 Å². The van der Waals surface area contributed by atoms with Crippen molar-refractivity contribution in [2.45, 2.75) is 33.2 Å². The molecule has 0 aromatic heterocycles. The predicted molar refractivity (Wildman–Crippen MR) is 95.2 cm³/mol. The lowest BCUT2D eigenvalue weighted by atomic mass is 9.96. The SMILES string of the molecule is CCCNC(c1ccc(F)c(C)c1)c1cccc(C)c1I. The van der Waals surface area contributed by atoms with Gasteiger partial charge < -0.3 is 5.32 Å². The standard InChI is InChI=1S/C18H21FIN/c1-4-10-21-18(14-8-9-16(19)13(3)11-14)15-7-5-6-12(2)17(15)20/h5-9,11,18,21H,4,10H2,1-3H3. The molecule has 1 unspecified atom stereocenters. The summed E-state index contributed by atoms with van der Waals surface area (Å²) in [5.41, 5.74) is 4.34. The minimum absolute atomic E-state index is 0.107.